The van der Waals surface area contributed by atoms with Gasteiger partial charge in [-0.3, -0.25) is 4.57 Å². The molecule has 5 nitrogen and oxygen atoms in total. The van der Waals surface area contributed by atoms with E-state index in [0.717, 1.165) is 5.56 Å². The van der Waals surface area contributed by atoms with Crippen molar-refractivity contribution in [1.82, 2.24) is 0 Å². The number of hydrogen-bond donors (Lipinski definition) is 1. The van der Waals surface area contributed by atoms with E-state index >= 15 is 0 Å². The van der Waals surface area contributed by atoms with Crippen molar-refractivity contribution in [1.29, 1.82) is 0 Å². The number of benzene rings is 2. The van der Waals surface area contributed by atoms with Gasteiger partial charge in [-0.25, -0.2) is 4.99 Å². The summed E-state index contributed by atoms with van der Waals surface area (Å²) in [7, 11) is -4.25. The third kappa shape index (κ3) is 4.61. The van der Waals surface area contributed by atoms with Crippen LogP contribution in [0.15, 0.2) is 53.5 Å². The van der Waals surface area contributed by atoms with Crippen LogP contribution in [0, 0.1) is 6.92 Å². The predicted molar refractivity (Wildman–Crippen MR) is 112 cm³/mol. The minimum atomic E-state index is -4.84. The van der Waals surface area contributed by atoms with Crippen LogP contribution in [0.1, 0.15) is 31.0 Å². The highest BCUT2D eigenvalue weighted by atomic mass is 31.2. The molecule has 0 aliphatic carbocycles. The van der Waals surface area contributed by atoms with Gasteiger partial charge in [-0.15, -0.1) is 0 Å². The van der Waals surface area contributed by atoms with Gasteiger partial charge in [0.2, 0.25) is 0 Å². The van der Waals surface area contributed by atoms with Crippen molar-refractivity contribution in [2.24, 2.45) is 4.99 Å². The van der Waals surface area contributed by atoms with E-state index in [9.17, 15) is 17.7 Å². The highest BCUT2D eigenvalue weighted by Crippen LogP contribution is 2.60. The molecule has 1 heterocycles. The zero-order valence-electron chi connectivity index (χ0n) is 16.9. The molecule has 0 bridgehead atoms. The molecule has 0 saturated carbocycles. The Hall–Kier alpha value is -2.15. The highest BCUT2D eigenvalue weighted by Gasteiger charge is 2.55. The van der Waals surface area contributed by atoms with Crippen molar-refractivity contribution in [3.63, 3.8) is 0 Å². The fourth-order valence-corrected chi connectivity index (χ4v) is 5.69. The van der Waals surface area contributed by atoms with E-state index in [2.05, 4.69) is 10.3 Å². The first kappa shape index (κ1) is 22.5. The predicted octanol–water partition coefficient (Wildman–Crippen LogP) is 6.43. The Morgan fingerprint density at radius 1 is 1.03 bits per heavy atom. The molecule has 0 radical (unpaired) electrons. The van der Waals surface area contributed by atoms with Gasteiger partial charge in [0.15, 0.2) is 0 Å². The van der Waals surface area contributed by atoms with Crippen LogP contribution in [-0.4, -0.2) is 30.8 Å². The number of hydrogen-bond acceptors (Lipinski definition) is 5. The van der Waals surface area contributed by atoms with Crippen LogP contribution in [0.4, 0.5) is 24.5 Å². The summed E-state index contributed by atoms with van der Waals surface area (Å²) >= 11 is 0. The molecule has 1 N–H and O–H groups in total. The number of nitrogens with one attached hydrogen (secondary N) is 1. The van der Waals surface area contributed by atoms with Crippen molar-refractivity contribution >= 4 is 24.7 Å². The molecule has 0 saturated heterocycles. The van der Waals surface area contributed by atoms with Crippen LogP contribution in [-0.2, 0) is 13.6 Å². The fourth-order valence-electron chi connectivity index (χ4n) is 3.45. The highest BCUT2D eigenvalue weighted by molar-refractivity contribution is 7.56. The number of aryl methyl sites for hydroxylation is 1. The second kappa shape index (κ2) is 8.92. The van der Waals surface area contributed by atoms with Gasteiger partial charge in [0.1, 0.15) is 11.4 Å². The van der Waals surface area contributed by atoms with Crippen molar-refractivity contribution < 1.29 is 26.8 Å². The number of fused-ring (bicyclic) bond motifs is 1. The van der Waals surface area contributed by atoms with Crippen LogP contribution in [0.5, 0.6) is 0 Å². The molecule has 162 valence electrons. The Balaban J connectivity index is 2.29. The van der Waals surface area contributed by atoms with Gasteiger partial charge in [-0.1, -0.05) is 42.0 Å². The van der Waals surface area contributed by atoms with Crippen LogP contribution in [0.2, 0.25) is 0 Å². The number of alkyl halides is 3. The Morgan fingerprint density at radius 2 is 1.63 bits per heavy atom. The Bertz CT molecular complexity index is 951. The second-order valence-electron chi connectivity index (χ2n) is 6.86. The Kier molecular flexibility index (Phi) is 6.70. The molecule has 2 aromatic rings. The third-order valence-electron chi connectivity index (χ3n) is 4.74. The second-order valence-corrected chi connectivity index (χ2v) is 9.02. The summed E-state index contributed by atoms with van der Waals surface area (Å²) < 4.78 is 67.2. The minimum Gasteiger partial charge on any atom is -0.375 e. The maximum Gasteiger partial charge on any atom is 0.430 e. The molecule has 0 fully saturated rings. The van der Waals surface area contributed by atoms with Gasteiger partial charge in [-0.05, 0) is 38.5 Å². The summed E-state index contributed by atoms with van der Waals surface area (Å²) in [5.41, 5.74) is -0.871. The van der Waals surface area contributed by atoms with Crippen molar-refractivity contribution in [3.8, 4) is 0 Å². The van der Waals surface area contributed by atoms with Gasteiger partial charge >= 0.3 is 13.8 Å². The summed E-state index contributed by atoms with van der Waals surface area (Å²) in [6.45, 7) is 4.88. The average Bonchev–Trinajstić information content (AvgIpc) is 2.86. The van der Waals surface area contributed by atoms with E-state index in [0.29, 0.717) is 11.3 Å². The van der Waals surface area contributed by atoms with Gasteiger partial charge < -0.3 is 14.4 Å². The topological polar surface area (TPSA) is 59.9 Å². The molecule has 2 atom stereocenters. The lowest BCUT2D eigenvalue weighted by atomic mass is 9.99. The van der Waals surface area contributed by atoms with Crippen LogP contribution in [0.3, 0.4) is 0 Å². The number of halogens is 3. The smallest absolute Gasteiger partial charge is 0.375 e. The van der Waals surface area contributed by atoms with E-state index in [4.69, 9.17) is 9.05 Å². The maximum atomic E-state index is 14.2. The molecule has 1 aliphatic rings. The van der Waals surface area contributed by atoms with Gasteiger partial charge in [-0.2, -0.15) is 13.2 Å². The van der Waals surface area contributed by atoms with Gasteiger partial charge in [0.05, 0.1) is 30.6 Å². The molecule has 30 heavy (non-hydrogen) atoms. The third-order valence-corrected chi connectivity index (χ3v) is 7.20. The average molecular weight is 440 g/mol. The summed E-state index contributed by atoms with van der Waals surface area (Å²) in [6, 6.07) is 12.4. The summed E-state index contributed by atoms with van der Waals surface area (Å²) in [5, 5.41) is 3.12. The number of aliphatic imine (C=N–C) groups is 1. The number of para-hydroxylation sites is 2. The first-order chi connectivity index (χ1) is 14.2. The van der Waals surface area contributed by atoms with Crippen LogP contribution >= 0.6 is 7.60 Å². The zero-order chi connectivity index (χ0) is 21.9. The van der Waals surface area contributed by atoms with Crippen molar-refractivity contribution in [3.05, 3.63) is 59.7 Å². The van der Waals surface area contributed by atoms with E-state index in [1.54, 1.807) is 56.3 Å². The maximum absolute atomic E-state index is 14.2. The molecule has 0 unspecified atom stereocenters. The lowest BCUT2D eigenvalue weighted by molar-refractivity contribution is -0.0608. The molecule has 9 heteroatoms. The Morgan fingerprint density at radius 3 is 2.20 bits per heavy atom. The largest absolute Gasteiger partial charge is 0.430 e. The van der Waals surface area contributed by atoms with Gasteiger partial charge in [0.25, 0.3) is 0 Å². The fraction of sp³-hybridized carbons (Fsp3) is 0.381. The first-order valence-electron chi connectivity index (χ1n) is 9.66. The Labute approximate surface area is 173 Å². The van der Waals surface area contributed by atoms with Crippen molar-refractivity contribution in [2.45, 2.75) is 38.6 Å². The van der Waals surface area contributed by atoms with E-state index in [1.165, 1.54) is 6.07 Å². The normalized spacial score (nSPS) is 19.5. The monoisotopic (exact) mass is 440 g/mol. The molecule has 1 aliphatic heterocycles. The van der Waals surface area contributed by atoms with E-state index in [1.807, 2.05) is 6.92 Å². The molecule has 0 spiro atoms. The van der Waals surface area contributed by atoms with E-state index in [-0.39, 0.29) is 18.9 Å². The molecule has 2 aromatic carbocycles. The molecule has 3 rings (SSSR count). The number of nitrogens with zero attached hydrogens (tertiary/aromatic N) is 1. The standard InChI is InChI=1S/C21H24F3N2O3P/c1-4-28-30(27,29-5-2)19-18(15-12-10-14(3)11-13-15)25-16-8-6-7-9-17(16)26-20(19)21(22,23)24/h6-13,18-19,25H,4-5H2,1-3H3/t18-,19-/m1/s1. The van der Waals surface area contributed by atoms with Crippen LogP contribution in [0.25, 0.3) is 0 Å². The number of anilines is 1. The minimum absolute atomic E-state index is 0.0630. The van der Waals surface area contributed by atoms with Crippen molar-refractivity contribution in [2.75, 3.05) is 18.5 Å². The number of rotatable bonds is 6. The lowest BCUT2D eigenvalue weighted by Gasteiger charge is -2.33. The first-order valence-corrected chi connectivity index (χ1v) is 11.3. The SMILES string of the molecule is CCOP(=O)(OCC)[C@H]1C(C(F)(F)F)=Nc2ccccc2N[C@@H]1c1ccc(C)cc1. The molecular weight excluding hydrogens is 416 g/mol. The molecule has 0 aromatic heterocycles. The summed E-state index contributed by atoms with van der Waals surface area (Å²) in [4.78, 5) is 3.91. The van der Waals surface area contributed by atoms with Gasteiger partial charge in [0, 0.05) is 0 Å². The quantitative estimate of drug-likeness (QED) is 0.526. The molecular formula is C21H24F3N2O3P. The van der Waals surface area contributed by atoms with E-state index < -0.39 is 31.2 Å². The lowest BCUT2D eigenvalue weighted by Crippen LogP contribution is -2.41. The summed E-state index contributed by atoms with van der Waals surface area (Å²) in [6.07, 6.45) is -4.84. The molecule has 0 amide bonds. The summed E-state index contributed by atoms with van der Waals surface area (Å²) in [5.74, 6) is 0. The van der Waals surface area contributed by atoms with Crippen LogP contribution < -0.4 is 5.32 Å². The zero-order valence-corrected chi connectivity index (χ0v) is 17.8.